The molecule has 132 valence electrons. The van der Waals surface area contributed by atoms with Crippen LogP contribution in [0.4, 0.5) is 0 Å². The zero-order valence-electron chi connectivity index (χ0n) is 14.7. The number of ether oxygens (including phenoxy) is 2. The van der Waals surface area contributed by atoms with Gasteiger partial charge in [0.2, 0.25) is 0 Å². The number of aryl methyl sites for hydroxylation is 1. The van der Waals surface area contributed by atoms with Crippen LogP contribution in [0, 0.1) is 0 Å². The second-order valence-corrected chi connectivity index (χ2v) is 6.50. The maximum Gasteiger partial charge on any atom is 0.254 e. The molecule has 0 N–H and O–H groups in total. The molecule has 0 aromatic heterocycles. The quantitative estimate of drug-likeness (QED) is 0.788. The van der Waals surface area contributed by atoms with Gasteiger partial charge in [0.05, 0.1) is 24.8 Å². The van der Waals surface area contributed by atoms with Gasteiger partial charge < -0.3 is 14.4 Å². The molecule has 1 unspecified atom stereocenters. The van der Waals surface area contributed by atoms with E-state index in [0.29, 0.717) is 28.7 Å². The number of fused-ring (bicyclic) bond motifs is 1. The Morgan fingerprint density at radius 1 is 1.32 bits per heavy atom. The number of rotatable bonds is 5. The van der Waals surface area contributed by atoms with E-state index in [1.54, 1.807) is 24.1 Å². The number of amides is 1. The molecule has 5 heteroatoms. The molecule has 0 saturated heterocycles. The molecule has 0 fully saturated rings. The van der Waals surface area contributed by atoms with Crippen molar-refractivity contribution in [3.63, 3.8) is 0 Å². The Bertz CT molecular complexity index is 791. The third kappa shape index (κ3) is 3.31. The molecule has 0 radical (unpaired) electrons. The van der Waals surface area contributed by atoms with Gasteiger partial charge in [-0.15, -0.1) is 0 Å². The maximum atomic E-state index is 13.0. The number of hydrogen-bond acceptors (Lipinski definition) is 3. The van der Waals surface area contributed by atoms with Crippen molar-refractivity contribution in [2.45, 2.75) is 25.8 Å². The van der Waals surface area contributed by atoms with Crippen molar-refractivity contribution < 1.29 is 14.3 Å². The molecule has 0 bridgehead atoms. The topological polar surface area (TPSA) is 38.8 Å². The molecule has 0 spiro atoms. The molecular weight excluding hydrogens is 338 g/mol. The lowest BCUT2D eigenvalue weighted by molar-refractivity contribution is 0.0730. The zero-order valence-corrected chi connectivity index (χ0v) is 15.5. The van der Waals surface area contributed by atoms with Crippen LogP contribution in [0.15, 0.2) is 36.4 Å². The van der Waals surface area contributed by atoms with E-state index in [9.17, 15) is 4.79 Å². The van der Waals surface area contributed by atoms with E-state index >= 15 is 0 Å². The van der Waals surface area contributed by atoms with Gasteiger partial charge in [-0.05, 0) is 43.0 Å². The van der Waals surface area contributed by atoms with Crippen molar-refractivity contribution in [1.29, 1.82) is 0 Å². The summed E-state index contributed by atoms with van der Waals surface area (Å²) in [6.45, 7) is 2.35. The molecule has 3 rings (SSSR count). The standard InChI is InChI=1S/C20H22ClNO3/c1-4-25-19-16(21)11-14(12-18(19)24-3)20(23)22(2)17-10-9-13-7-5-6-8-15(13)17/h5-8,11-12,17H,4,9-10H2,1-3H3. The van der Waals surface area contributed by atoms with Crippen LogP contribution < -0.4 is 9.47 Å². The Morgan fingerprint density at radius 2 is 2.08 bits per heavy atom. The smallest absolute Gasteiger partial charge is 0.254 e. The zero-order chi connectivity index (χ0) is 18.0. The number of carbonyl (C=O) groups excluding carboxylic acids is 1. The number of halogens is 1. The highest BCUT2D eigenvalue weighted by molar-refractivity contribution is 6.32. The van der Waals surface area contributed by atoms with Crippen molar-refractivity contribution in [1.82, 2.24) is 4.90 Å². The third-order valence-electron chi connectivity index (χ3n) is 4.65. The predicted molar refractivity (Wildman–Crippen MR) is 98.8 cm³/mol. The van der Waals surface area contributed by atoms with Gasteiger partial charge >= 0.3 is 0 Å². The second kappa shape index (κ2) is 7.36. The summed E-state index contributed by atoms with van der Waals surface area (Å²) in [5.74, 6) is 0.861. The molecule has 0 saturated carbocycles. The molecule has 4 nitrogen and oxygen atoms in total. The molecule has 0 heterocycles. The highest BCUT2D eigenvalue weighted by atomic mass is 35.5. The van der Waals surface area contributed by atoms with E-state index in [1.807, 2.05) is 26.1 Å². The van der Waals surface area contributed by atoms with Crippen LogP contribution >= 0.6 is 11.6 Å². The summed E-state index contributed by atoms with van der Waals surface area (Å²) in [6, 6.07) is 11.7. The van der Waals surface area contributed by atoms with Gasteiger partial charge in [0.1, 0.15) is 0 Å². The Kier molecular flexibility index (Phi) is 5.19. The maximum absolute atomic E-state index is 13.0. The van der Waals surface area contributed by atoms with Gasteiger partial charge in [-0.25, -0.2) is 0 Å². The fraction of sp³-hybridized carbons (Fsp3) is 0.350. The lowest BCUT2D eigenvalue weighted by atomic mass is 10.1. The number of benzene rings is 2. The van der Waals surface area contributed by atoms with Crippen molar-refractivity contribution in [2.24, 2.45) is 0 Å². The van der Waals surface area contributed by atoms with E-state index < -0.39 is 0 Å². The van der Waals surface area contributed by atoms with E-state index in [1.165, 1.54) is 11.1 Å². The summed E-state index contributed by atoms with van der Waals surface area (Å²) in [5, 5.41) is 0.379. The van der Waals surface area contributed by atoms with E-state index in [0.717, 1.165) is 12.8 Å². The van der Waals surface area contributed by atoms with Gasteiger partial charge in [-0.1, -0.05) is 35.9 Å². The van der Waals surface area contributed by atoms with Gasteiger partial charge in [0, 0.05) is 12.6 Å². The first-order valence-corrected chi connectivity index (χ1v) is 8.79. The normalized spacial score (nSPS) is 15.6. The third-order valence-corrected chi connectivity index (χ3v) is 4.93. The van der Waals surface area contributed by atoms with Crippen LogP contribution in [-0.2, 0) is 6.42 Å². The first-order valence-electron chi connectivity index (χ1n) is 8.42. The molecule has 1 aliphatic rings. The highest BCUT2D eigenvalue weighted by Gasteiger charge is 2.29. The minimum Gasteiger partial charge on any atom is -0.493 e. The molecular formula is C20H22ClNO3. The van der Waals surface area contributed by atoms with Gasteiger partial charge in [-0.2, -0.15) is 0 Å². The van der Waals surface area contributed by atoms with Crippen LogP contribution in [0.3, 0.4) is 0 Å². The first kappa shape index (κ1) is 17.6. The SMILES string of the molecule is CCOc1c(Cl)cc(C(=O)N(C)C2CCc3ccccc32)cc1OC. The van der Waals surface area contributed by atoms with Gasteiger partial charge in [0.15, 0.2) is 11.5 Å². The van der Waals surface area contributed by atoms with Crippen LogP contribution in [0.1, 0.15) is 40.9 Å². The van der Waals surface area contributed by atoms with E-state index in [4.69, 9.17) is 21.1 Å². The summed E-state index contributed by atoms with van der Waals surface area (Å²) in [7, 11) is 3.38. The molecule has 25 heavy (non-hydrogen) atoms. The lowest BCUT2D eigenvalue weighted by Gasteiger charge is -2.26. The summed E-state index contributed by atoms with van der Waals surface area (Å²) in [6.07, 6.45) is 1.93. The molecule has 0 aliphatic heterocycles. The van der Waals surface area contributed by atoms with E-state index in [2.05, 4.69) is 12.1 Å². The van der Waals surface area contributed by atoms with Crippen LogP contribution in [0.2, 0.25) is 5.02 Å². The van der Waals surface area contributed by atoms with Crippen molar-refractivity contribution in [3.05, 3.63) is 58.1 Å². The molecule has 2 aromatic rings. The Hall–Kier alpha value is -2.20. The summed E-state index contributed by atoms with van der Waals surface area (Å²) in [4.78, 5) is 14.8. The monoisotopic (exact) mass is 359 g/mol. The highest BCUT2D eigenvalue weighted by Crippen LogP contribution is 2.39. The molecule has 1 atom stereocenters. The summed E-state index contributed by atoms with van der Waals surface area (Å²) >= 11 is 6.31. The fourth-order valence-corrected chi connectivity index (χ4v) is 3.68. The number of methoxy groups -OCH3 is 1. The average molecular weight is 360 g/mol. The number of nitrogens with zero attached hydrogens (tertiary/aromatic N) is 1. The largest absolute Gasteiger partial charge is 0.493 e. The van der Waals surface area contributed by atoms with Crippen LogP contribution in [0.25, 0.3) is 0 Å². The Morgan fingerprint density at radius 3 is 2.80 bits per heavy atom. The van der Waals surface area contributed by atoms with Crippen molar-refractivity contribution in [3.8, 4) is 11.5 Å². The van der Waals surface area contributed by atoms with E-state index in [-0.39, 0.29) is 11.9 Å². The minimum absolute atomic E-state index is 0.0787. The first-order chi connectivity index (χ1) is 12.1. The van der Waals surface area contributed by atoms with Gasteiger partial charge in [0.25, 0.3) is 5.91 Å². The minimum atomic E-state index is -0.0787. The van der Waals surface area contributed by atoms with Gasteiger partial charge in [-0.3, -0.25) is 4.79 Å². The number of hydrogen-bond donors (Lipinski definition) is 0. The lowest BCUT2D eigenvalue weighted by Crippen LogP contribution is -2.30. The average Bonchev–Trinajstić information content (AvgIpc) is 3.06. The molecule has 1 amide bonds. The fourth-order valence-electron chi connectivity index (χ4n) is 3.41. The number of carbonyl (C=O) groups is 1. The summed E-state index contributed by atoms with van der Waals surface area (Å²) < 4.78 is 10.9. The molecule has 2 aromatic carbocycles. The van der Waals surface area contributed by atoms with Crippen molar-refractivity contribution >= 4 is 17.5 Å². The van der Waals surface area contributed by atoms with Crippen LogP contribution in [-0.4, -0.2) is 31.6 Å². The van der Waals surface area contributed by atoms with Crippen LogP contribution in [0.5, 0.6) is 11.5 Å². The summed E-state index contributed by atoms with van der Waals surface area (Å²) in [5.41, 5.74) is 3.04. The molecule has 1 aliphatic carbocycles. The Labute approximate surface area is 153 Å². The Balaban J connectivity index is 1.89. The van der Waals surface area contributed by atoms with Crippen molar-refractivity contribution in [2.75, 3.05) is 20.8 Å². The predicted octanol–water partition coefficient (Wildman–Crippen LogP) is 4.51. The second-order valence-electron chi connectivity index (χ2n) is 6.09.